The lowest BCUT2D eigenvalue weighted by molar-refractivity contribution is 0.0943. The first-order chi connectivity index (χ1) is 16.0. The van der Waals surface area contributed by atoms with E-state index in [1.54, 1.807) is 36.0 Å². The second-order valence-corrected chi connectivity index (χ2v) is 11.5. The number of hydrogen-bond acceptors (Lipinski definition) is 4. The van der Waals surface area contributed by atoms with Gasteiger partial charge in [0.1, 0.15) is 5.82 Å². The van der Waals surface area contributed by atoms with Crippen molar-refractivity contribution in [2.75, 3.05) is 6.54 Å². The lowest BCUT2D eigenvalue weighted by Gasteiger charge is -2.27. The molecule has 3 aromatic rings. The quantitative estimate of drug-likeness (QED) is 0.601. The summed E-state index contributed by atoms with van der Waals surface area (Å²) in [6, 6.07) is 12.9. The fourth-order valence-corrected chi connectivity index (χ4v) is 5.51. The molecule has 1 amide bonds. The van der Waals surface area contributed by atoms with E-state index in [-0.39, 0.29) is 34.9 Å². The van der Waals surface area contributed by atoms with Gasteiger partial charge in [-0.05, 0) is 40.8 Å². The summed E-state index contributed by atoms with van der Waals surface area (Å²) in [6.45, 7) is 6.83. The van der Waals surface area contributed by atoms with Crippen molar-refractivity contribution < 1.29 is 17.6 Å². The van der Waals surface area contributed by atoms with Gasteiger partial charge < -0.3 is 5.32 Å². The second kappa shape index (κ2) is 8.96. The van der Waals surface area contributed by atoms with Gasteiger partial charge in [0.15, 0.2) is 5.69 Å². The molecule has 0 saturated carbocycles. The average Bonchev–Trinajstić information content (AvgIpc) is 3.14. The van der Waals surface area contributed by atoms with Crippen molar-refractivity contribution in [1.29, 1.82) is 0 Å². The van der Waals surface area contributed by atoms with Crippen LogP contribution in [-0.2, 0) is 42.0 Å². The SMILES string of the molecule is Cn1nc(C(=O)NCc2ccc(F)cc2)c2c1CCN(S(=O)(=O)c1ccc(C(C)(C)C)cc1)C2. The van der Waals surface area contributed by atoms with Gasteiger partial charge in [-0.15, -0.1) is 0 Å². The molecule has 0 saturated heterocycles. The molecule has 180 valence electrons. The van der Waals surface area contributed by atoms with E-state index < -0.39 is 15.9 Å². The Kier molecular flexibility index (Phi) is 6.35. The summed E-state index contributed by atoms with van der Waals surface area (Å²) in [5.41, 5.74) is 3.40. The number of aryl methyl sites for hydroxylation is 1. The van der Waals surface area contributed by atoms with Crippen LogP contribution in [0.5, 0.6) is 0 Å². The minimum atomic E-state index is -3.73. The summed E-state index contributed by atoms with van der Waals surface area (Å²) in [4.78, 5) is 13.1. The number of aromatic nitrogens is 2. The summed E-state index contributed by atoms with van der Waals surface area (Å²) < 4.78 is 42.9. The van der Waals surface area contributed by atoms with Crippen molar-refractivity contribution >= 4 is 15.9 Å². The van der Waals surface area contributed by atoms with E-state index in [9.17, 15) is 17.6 Å². The van der Waals surface area contributed by atoms with Gasteiger partial charge in [0.05, 0.1) is 4.90 Å². The molecule has 0 aliphatic carbocycles. The van der Waals surface area contributed by atoms with Crippen LogP contribution in [0.4, 0.5) is 4.39 Å². The van der Waals surface area contributed by atoms with Gasteiger partial charge in [0.25, 0.3) is 5.91 Å². The van der Waals surface area contributed by atoms with Crippen molar-refractivity contribution in [1.82, 2.24) is 19.4 Å². The maximum absolute atomic E-state index is 13.4. The smallest absolute Gasteiger partial charge is 0.272 e. The fraction of sp³-hybridized carbons (Fsp3) is 0.360. The Balaban J connectivity index is 1.54. The predicted octanol–water partition coefficient (Wildman–Crippen LogP) is 3.53. The molecule has 2 aromatic carbocycles. The maximum atomic E-state index is 13.4. The minimum Gasteiger partial charge on any atom is -0.347 e. The number of sulfonamides is 1. The zero-order valence-corrected chi connectivity index (χ0v) is 20.6. The van der Waals surface area contributed by atoms with Crippen LogP contribution in [-0.4, -0.2) is 35.0 Å². The van der Waals surface area contributed by atoms with E-state index in [2.05, 4.69) is 31.2 Å². The van der Waals surface area contributed by atoms with Crippen LogP contribution in [0.2, 0.25) is 0 Å². The lowest BCUT2D eigenvalue weighted by Crippen LogP contribution is -2.37. The monoisotopic (exact) mass is 484 g/mol. The molecular weight excluding hydrogens is 455 g/mol. The Morgan fingerprint density at radius 2 is 1.74 bits per heavy atom. The van der Waals surface area contributed by atoms with Gasteiger partial charge >= 0.3 is 0 Å². The molecule has 7 nitrogen and oxygen atoms in total. The number of nitrogens with one attached hydrogen (secondary N) is 1. The number of halogens is 1. The highest BCUT2D eigenvalue weighted by molar-refractivity contribution is 7.89. The third-order valence-electron chi connectivity index (χ3n) is 6.15. The molecule has 1 aliphatic heterocycles. The van der Waals surface area contributed by atoms with E-state index in [0.29, 0.717) is 18.5 Å². The lowest BCUT2D eigenvalue weighted by atomic mass is 9.87. The molecule has 1 N–H and O–H groups in total. The number of fused-ring (bicyclic) bond motifs is 1. The van der Waals surface area contributed by atoms with Crippen molar-refractivity contribution in [3.63, 3.8) is 0 Å². The number of benzene rings is 2. The molecule has 34 heavy (non-hydrogen) atoms. The fourth-order valence-electron chi connectivity index (χ4n) is 4.10. The van der Waals surface area contributed by atoms with Gasteiger partial charge in [-0.1, -0.05) is 45.0 Å². The molecule has 0 bridgehead atoms. The third-order valence-corrected chi connectivity index (χ3v) is 8.01. The predicted molar refractivity (Wildman–Crippen MR) is 127 cm³/mol. The number of amides is 1. The Labute approximate surface area is 199 Å². The Bertz CT molecular complexity index is 1310. The summed E-state index contributed by atoms with van der Waals surface area (Å²) in [7, 11) is -1.98. The van der Waals surface area contributed by atoms with Gasteiger partial charge in [-0.3, -0.25) is 9.48 Å². The number of nitrogens with zero attached hydrogens (tertiary/aromatic N) is 3. The molecular formula is C25H29FN4O3S. The van der Waals surface area contributed by atoms with E-state index in [4.69, 9.17) is 0 Å². The number of hydrogen-bond donors (Lipinski definition) is 1. The van der Waals surface area contributed by atoms with E-state index in [1.807, 2.05) is 12.1 Å². The van der Waals surface area contributed by atoms with Gasteiger partial charge in [-0.25, -0.2) is 12.8 Å². The van der Waals surface area contributed by atoms with Crippen LogP contribution in [0, 0.1) is 5.82 Å². The topological polar surface area (TPSA) is 84.3 Å². The standard InChI is InChI=1S/C25H29FN4O3S/c1-25(2,3)18-7-11-20(12-8-18)34(32,33)30-14-13-22-21(16-30)23(28-29(22)4)24(31)27-15-17-5-9-19(26)10-6-17/h5-12H,13-16H2,1-4H3,(H,27,31). The minimum absolute atomic E-state index is 0.0752. The second-order valence-electron chi connectivity index (χ2n) is 9.57. The molecule has 2 heterocycles. The molecule has 1 aliphatic rings. The highest BCUT2D eigenvalue weighted by Gasteiger charge is 2.33. The van der Waals surface area contributed by atoms with Gasteiger partial charge in [-0.2, -0.15) is 9.40 Å². The maximum Gasteiger partial charge on any atom is 0.272 e. The summed E-state index contributed by atoms with van der Waals surface area (Å²) in [5.74, 6) is -0.738. The zero-order valence-electron chi connectivity index (χ0n) is 19.8. The Morgan fingerprint density at radius 1 is 1.09 bits per heavy atom. The summed E-state index contributed by atoms with van der Waals surface area (Å²) in [6.07, 6.45) is 0.462. The van der Waals surface area contributed by atoms with Gasteiger partial charge in [0.2, 0.25) is 10.0 Å². The first-order valence-electron chi connectivity index (χ1n) is 11.1. The van der Waals surface area contributed by atoms with Crippen molar-refractivity contribution in [3.05, 3.63) is 82.4 Å². The first kappa shape index (κ1) is 24.1. The van der Waals surface area contributed by atoms with E-state index in [1.165, 1.54) is 16.4 Å². The van der Waals surface area contributed by atoms with Crippen LogP contribution in [0.25, 0.3) is 0 Å². The number of rotatable bonds is 5. The normalized spacial score (nSPS) is 14.6. The molecule has 0 fully saturated rings. The summed E-state index contributed by atoms with van der Waals surface area (Å²) in [5, 5.41) is 7.17. The van der Waals surface area contributed by atoms with Crippen LogP contribution < -0.4 is 5.32 Å². The van der Waals surface area contributed by atoms with Crippen LogP contribution >= 0.6 is 0 Å². The number of carbonyl (C=O) groups excluding carboxylic acids is 1. The highest BCUT2D eigenvalue weighted by Crippen LogP contribution is 2.29. The van der Waals surface area contributed by atoms with E-state index in [0.717, 1.165) is 16.8 Å². The average molecular weight is 485 g/mol. The van der Waals surface area contributed by atoms with Crippen molar-refractivity contribution in [2.24, 2.45) is 7.05 Å². The highest BCUT2D eigenvalue weighted by atomic mass is 32.2. The molecule has 1 aromatic heterocycles. The van der Waals surface area contributed by atoms with Crippen molar-refractivity contribution in [3.8, 4) is 0 Å². The molecule has 4 rings (SSSR count). The zero-order chi connectivity index (χ0) is 24.7. The molecule has 9 heteroatoms. The van der Waals surface area contributed by atoms with Crippen LogP contribution in [0.3, 0.4) is 0 Å². The third kappa shape index (κ3) is 4.76. The Morgan fingerprint density at radius 3 is 2.35 bits per heavy atom. The van der Waals surface area contributed by atoms with E-state index >= 15 is 0 Å². The van der Waals surface area contributed by atoms with Crippen LogP contribution in [0.1, 0.15) is 53.6 Å². The summed E-state index contributed by atoms with van der Waals surface area (Å²) >= 11 is 0. The largest absolute Gasteiger partial charge is 0.347 e. The molecule has 0 atom stereocenters. The molecule has 0 unspecified atom stereocenters. The van der Waals surface area contributed by atoms with Crippen molar-refractivity contribution in [2.45, 2.75) is 50.6 Å². The molecule has 0 radical (unpaired) electrons. The molecule has 0 spiro atoms. The van der Waals surface area contributed by atoms with Gasteiger partial charge in [0, 0.05) is 44.4 Å². The number of carbonyl (C=O) groups is 1. The first-order valence-corrected chi connectivity index (χ1v) is 12.6. The Hall–Kier alpha value is -3.04. The van der Waals surface area contributed by atoms with Crippen LogP contribution in [0.15, 0.2) is 53.4 Å².